The van der Waals surface area contributed by atoms with Crippen molar-refractivity contribution in [2.24, 2.45) is 5.92 Å². The summed E-state index contributed by atoms with van der Waals surface area (Å²) in [6.45, 7) is 2.25. The number of hydrogen-bond donors (Lipinski definition) is 1. The molecule has 112 valence electrons. The van der Waals surface area contributed by atoms with Crippen LogP contribution in [0, 0.1) is 5.92 Å². The highest BCUT2D eigenvalue weighted by atomic mass is 32.1. The number of thiazole rings is 1. The predicted molar refractivity (Wildman–Crippen MR) is 82.1 cm³/mol. The Balaban J connectivity index is 1.95. The maximum Gasteiger partial charge on any atom is 0.359 e. The van der Waals surface area contributed by atoms with Crippen LogP contribution in [0.3, 0.4) is 0 Å². The van der Waals surface area contributed by atoms with Crippen molar-refractivity contribution in [2.45, 2.75) is 57.8 Å². The predicted octanol–water partition coefficient (Wildman–Crippen LogP) is 3.98. The quantitative estimate of drug-likeness (QED) is 0.835. The second kappa shape index (κ2) is 7.07. The summed E-state index contributed by atoms with van der Waals surface area (Å²) in [5, 5.41) is 1.50. The van der Waals surface area contributed by atoms with E-state index >= 15 is 0 Å². The number of nitrogen functional groups attached to an aromatic ring is 1. The molecule has 20 heavy (non-hydrogen) atoms. The number of ether oxygens (including phenoxy) is 1. The van der Waals surface area contributed by atoms with Crippen LogP contribution < -0.4 is 5.73 Å². The normalized spacial score (nSPS) is 22.7. The Hall–Kier alpha value is -1.10. The average molecular weight is 296 g/mol. The van der Waals surface area contributed by atoms with Crippen LogP contribution in [-0.2, 0) is 4.74 Å². The molecule has 1 saturated carbocycles. The Labute approximate surface area is 124 Å². The van der Waals surface area contributed by atoms with E-state index in [-0.39, 0.29) is 0 Å². The minimum atomic E-state index is -0.429. The van der Waals surface area contributed by atoms with Gasteiger partial charge in [-0.05, 0) is 31.6 Å². The van der Waals surface area contributed by atoms with E-state index in [1.165, 1.54) is 63.4 Å². The monoisotopic (exact) mass is 296 g/mol. The van der Waals surface area contributed by atoms with Gasteiger partial charge in [0.05, 0.1) is 12.1 Å². The molecule has 0 saturated heterocycles. The summed E-state index contributed by atoms with van der Waals surface area (Å²) in [4.78, 5) is 16.0. The van der Waals surface area contributed by atoms with Crippen molar-refractivity contribution in [3.05, 3.63) is 10.7 Å². The first-order valence-electron chi connectivity index (χ1n) is 7.50. The van der Waals surface area contributed by atoms with E-state index in [1.54, 1.807) is 0 Å². The lowest BCUT2D eigenvalue weighted by atomic mass is 9.80. The summed E-state index contributed by atoms with van der Waals surface area (Å²) in [5.41, 5.74) is 6.16. The van der Waals surface area contributed by atoms with Crippen LogP contribution in [0.5, 0.6) is 0 Å². The number of esters is 1. The molecule has 1 heterocycles. The molecular weight excluding hydrogens is 272 g/mol. The minimum absolute atomic E-state index is 0.292. The minimum Gasteiger partial charge on any atom is -0.464 e. The van der Waals surface area contributed by atoms with E-state index in [0.717, 1.165) is 10.9 Å². The van der Waals surface area contributed by atoms with Gasteiger partial charge in [-0.25, -0.2) is 9.78 Å². The Morgan fingerprint density at radius 3 is 2.70 bits per heavy atom. The number of hydrogen-bond acceptors (Lipinski definition) is 5. The molecule has 1 aromatic rings. The van der Waals surface area contributed by atoms with Gasteiger partial charge >= 0.3 is 5.97 Å². The molecule has 0 unspecified atom stereocenters. The molecule has 1 aliphatic rings. The number of aromatic nitrogens is 1. The Morgan fingerprint density at radius 2 is 2.10 bits per heavy atom. The summed E-state index contributed by atoms with van der Waals surface area (Å²) in [6, 6.07) is 0. The fraction of sp³-hybridized carbons (Fsp3) is 0.733. The van der Waals surface area contributed by atoms with E-state index in [4.69, 9.17) is 10.5 Å². The third-order valence-corrected chi connectivity index (χ3v) is 5.26. The Kier molecular flexibility index (Phi) is 5.40. The van der Waals surface area contributed by atoms with Gasteiger partial charge in [0, 0.05) is 5.92 Å². The molecule has 0 aliphatic heterocycles. The van der Waals surface area contributed by atoms with Crippen molar-refractivity contribution in [1.29, 1.82) is 0 Å². The maximum atomic E-state index is 11.5. The van der Waals surface area contributed by atoms with Crippen molar-refractivity contribution >= 4 is 22.3 Å². The first-order chi connectivity index (χ1) is 9.65. The molecule has 1 aromatic heterocycles. The second-order valence-corrected chi connectivity index (χ2v) is 6.68. The van der Waals surface area contributed by atoms with Gasteiger partial charge in [-0.3, -0.25) is 0 Å². The summed E-state index contributed by atoms with van der Waals surface area (Å²) in [5.74, 6) is 0.920. The largest absolute Gasteiger partial charge is 0.464 e. The topological polar surface area (TPSA) is 65.2 Å². The van der Waals surface area contributed by atoms with E-state index in [1.807, 2.05) is 0 Å². The zero-order valence-electron chi connectivity index (χ0n) is 12.4. The SMILES string of the molecule is CCCCC1CCC(c2nc(C(=O)OC)c(N)s2)CC1. The third-order valence-electron chi connectivity index (χ3n) is 4.21. The van der Waals surface area contributed by atoms with Crippen LogP contribution in [0.1, 0.15) is 73.3 Å². The first kappa shape index (κ1) is 15.3. The van der Waals surface area contributed by atoms with Crippen LogP contribution in [0.4, 0.5) is 5.00 Å². The van der Waals surface area contributed by atoms with E-state index in [9.17, 15) is 4.79 Å². The molecule has 0 amide bonds. The van der Waals surface area contributed by atoms with Crippen LogP contribution in [0.2, 0.25) is 0 Å². The summed E-state index contributed by atoms with van der Waals surface area (Å²) >= 11 is 1.45. The van der Waals surface area contributed by atoms with Crippen molar-refractivity contribution in [2.75, 3.05) is 12.8 Å². The molecule has 1 aliphatic carbocycles. The number of methoxy groups -OCH3 is 1. The van der Waals surface area contributed by atoms with Crippen LogP contribution in [-0.4, -0.2) is 18.1 Å². The molecule has 5 heteroatoms. The van der Waals surface area contributed by atoms with Gasteiger partial charge in [0.15, 0.2) is 5.69 Å². The molecule has 0 spiro atoms. The fourth-order valence-electron chi connectivity index (χ4n) is 2.96. The van der Waals surface area contributed by atoms with Gasteiger partial charge in [-0.15, -0.1) is 11.3 Å². The van der Waals surface area contributed by atoms with Gasteiger partial charge in [0.25, 0.3) is 0 Å². The number of nitrogens with two attached hydrogens (primary N) is 1. The average Bonchev–Trinajstić information content (AvgIpc) is 2.87. The number of carbonyl (C=O) groups excluding carboxylic acids is 1. The summed E-state index contributed by atoms with van der Waals surface area (Å²) in [6.07, 6.45) is 8.87. The number of carbonyl (C=O) groups is 1. The highest BCUT2D eigenvalue weighted by Gasteiger charge is 2.26. The lowest BCUT2D eigenvalue weighted by Gasteiger charge is -2.27. The van der Waals surface area contributed by atoms with Gasteiger partial charge in [0.1, 0.15) is 5.00 Å². The second-order valence-electron chi connectivity index (χ2n) is 5.62. The molecule has 0 atom stereocenters. The van der Waals surface area contributed by atoms with Gasteiger partial charge in [-0.1, -0.05) is 26.2 Å². The highest BCUT2D eigenvalue weighted by Crippen LogP contribution is 2.40. The number of anilines is 1. The van der Waals surface area contributed by atoms with E-state index in [0.29, 0.717) is 16.6 Å². The van der Waals surface area contributed by atoms with Crippen molar-refractivity contribution in [1.82, 2.24) is 4.98 Å². The maximum absolute atomic E-state index is 11.5. The lowest BCUT2D eigenvalue weighted by molar-refractivity contribution is 0.0596. The van der Waals surface area contributed by atoms with Crippen molar-refractivity contribution in [3.8, 4) is 0 Å². The molecule has 0 radical (unpaired) electrons. The van der Waals surface area contributed by atoms with Gasteiger partial charge in [-0.2, -0.15) is 0 Å². The van der Waals surface area contributed by atoms with Crippen molar-refractivity contribution in [3.63, 3.8) is 0 Å². The third kappa shape index (κ3) is 3.51. The molecule has 0 aromatic carbocycles. The zero-order chi connectivity index (χ0) is 14.5. The zero-order valence-corrected chi connectivity index (χ0v) is 13.2. The summed E-state index contributed by atoms with van der Waals surface area (Å²) < 4.78 is 4.70. The van der Waals surface area contributed by atoms with Crippen LogP contribution >= 0.6 is 11.3 Å². The number of nitrogens with zero attached hydrogens (tertiary/aromatic N) is 1. The highest BCUT2D eigenvalue weighted by molar-refractivity contribution is 7.16. The van der Waals surface area contributed by atoms with E-state index in [2.05, 4.69) is 11.9 Å². The molecule has 0 bridgehead atoms. The van der Waals surface area contributed by atoms with Crippen LogP contribution in [0.25, 0.3) is 0 Å². The standard InChI is InChI=1S/C15H24N2O2S/c1-3-4-5-10-6-8-11(9-7-10)14-17-12(13(16)20-14)15(18)19-2/h10-11H,3-9,16H2,1-2H3. The van der Waals surface area contributed by atoms with E-state index < -0.39 is 5.97 Å². The van der Waals surface area contributed by atoms with Gasteiger partial charge < -0.3 is 10.5 Å². The molecule has 2 N–H and O–H groups in total. The van der Waals surface area contributed by atoms with Gasteiger partial charge in [0.2, 0.25) is 0 Å². The number of rotatable bonds is 5. The summed E-state index contributed by atoms with van der Waals surface area (Å²) in [7, 11) is 1.36. The molecule has 2 rings (SSSR count). The molecule has 1 fully saturated rings. The smallest absolute Gasteiger partial charge is 0.359 e. The Morgan fingerprint density at radius 1 is 1.40 bits per heavy atom. The van der Waals surface area contributed by atoms with Crippen molar-refractivity contribution < 1.29 is 9.53 Å². The number of unbranched alkanes of at least 4 members (excludes halogenated alkanes) is 1. The van der Waals surface area contributed by atoms with Crippen LogP contribution in [0.15, 0.2) is 0 Å². The Bertz CT molecular complexity index is 451. The molecule has 4 nitrogen and oxygen atoms in total. The lowest BCUT2D eigenvalue weighted by Crippen LogP contribution is -2.13. The first-order valence-corrected chi connectivity index (χ1v) is 8.31. The molecular formula is C15H24N2O2S. The fourth-order valence-corrected chi connectivity index (χ4v) is 3.95.